The Balaban J connectivity index is 1.36. The summed E-state index contributed by atoms with van der Waals surface area (Å²) in [6.07, 6.45) is 9.89. The molecule has 1 saturated carbocycles. The topological polar surface area (TPSA) is 32.3 Å². The molecule has 1 aromatic rings. The molecular formula is C22H34N2O. The van der Waals surface area contributed by atoms with E-state index in [0.29, 0.717) is 11.8 Å². The fraction of sp³-hybridized carbons (Fsp3) is 0.682. The van der Waals surface area contributed by atoms with Crippen LogP contribution < -0.4 is 10.2 Å². The van der Waals surface area contributed by atoms with Crippen molar-refractivity contribution in [1.82, 2.24) is 5.32 Å². The Morgan fingerprint density at radius 1 is 1.08 bits per heavy atom. The Morgan fingerprint density at radius 3 is 2.56 bits per heavy atom. The molecular weight excluding hydrogens is 308 g/mol. The second-order valence-corrected chi connectivity index (χ2v) is 8.04. The highest BCUT2D eigenvalue weighted by atomic mass is 16.1. The number of benzene rings is 1. The molecule has 0 bridgehead atoms. The number of hydrogen-bond acceptors (Lipinski definition) is 2. The van der Waals surface area contributed by atoms with Gasteiger partial charge in [-0.05, 0) is 56.1 Å². The molecule has 1 aromatic carbocycles. The van der Waals surface area contributed by atoms with Crippen LogP contribution in [0.1, 0.15) is 58.3 Å². The zero-order valence-corrected chi connectivity index (χ0v) is 15.8. The highest BCUT2D eigenvalue weighted by molar-refractivity contribution is 5.78. The lowest BCUT2D eigenvalue weighted by molar-refractivity contribution is -0.126. The Labute approximate surface area is 153 Å². The summed E-state index contributed by atoms with van der Waals surface area (Å²) >= 11 is 0. The molecule has 2 fully saturated rings. The SMILES string of the molecule is CCCCC1CCC(C(=O)NCC2CCN(c3ccccc3)C2)CC1. The van der Waals surface area contributed by atoms with Gasteiger partial charge < -0.3 is 10.2 Å². The van der Waals surface area contributed by atoms with Crippen molar-refractivity contribution < 1.29 is 4.79 Å². The van der Waals surface area contributed by atoms with Crippen molar-refractivity contribution >= 4 is 11.6 Å². The van der Waals surface area contributed by atoms with Gasteiger partial charge in [0.05, 0.1) is 0 Å². The molecule has 1 N–H and O–H groups in total. The lowest BCUT2D eigenvalue weighted by Gasteiger charge is -2.28. The van der Waals surface area contributed by atoms with Gasteiger partial charge in [0.2, 0.25) is 5.91 Å². The molecule has 0 aromatic heterocycles. The van der Waals surface area contributed by atoms with Gasteiger partial charge in [-0.3, -0.25) is 4.79 Å². The Morgan fingerprint density at radius 2 is 1.84 bits per heavy atom. The van der Waals surface area contributed by atoms with Crippen molar-refractivity contribution in [1.29, 1.82) is 0 Å². The molecule has 1 atom stereocenters. The number of anilines is 1. The van der Waals surface area contributed by atoms with E-state index in [4.69, 9.17) is 0 Å². The fourth-order valence-corrected chi connectivity index (χ4v) is 4.47. The average molecular weight is 343 g/mol. The number of nitrogens with zero attached hydrogens (tertiary/aromatic N) is 1. The molecule has 1 amide bonds. The zero-order chi connectivity index (χ0) is 17.5. The van der Waals surface area contributed by atoms with Crippen molar-refractivity contribution in [3.05, 3.63) is 30.3 Å². The van der Waals surface area contributed by atoms with Gasteiger partial charge in [0.1, 0.15) is 0 Å². The first-order valence-corrected chi connectivity index (χ1v) is 10.3. The van der Waals surface area contributed by atoms with Gasteiger partial charge in [-0.15, -0.1) is 0 Å². The van der Waals surface area contributed by atoms with Crippen molar-refractivity contribution in [2.24, 2.45) is 17.8 Å². The zero-order valence-electron chi connectivity index (χ0n) is 15.8. The lowest BCUT2D eigenvalue weighted by Crippen LogP contribution is -2.36. The van der Waals surface area contributed by atoms with Crippen molar-refractivity contribution in [2.45, 2.75) is 58.3 Å². The number of unbranched alkanes of at least 4 members (excludes halogenated alkanes) is 1. The molecule has 25 heavy (non-hydrogen) atoms. The molecule has 1 aliphatic carbocycles. The first-order chi connectivity index (χ1) is 12.3. The third kappa shape index (κ3) is 5.23. The van der Waals surface area contributed by atoms with E-state index in [1.165, 1.54) is 44.2 Å². The van der Waals surface area contributed by atoms with Crippen LogP contribution in [0, 0.1) is 17.8 Å². The monoisotopic (exact) mass is 342 g/mol. The molecule has 3 rings (SSSR count). The second-order valence-electron chi connectivity index (χ2n) is 8.04. The van der Waals surface area contributed by atoms with Crippen LogP contribution in [0.15, 0.2) is 30.3 Å². The highest BCUT2D eigenvalue weighted by Gasteiger charge is 2.27. The maximum absolute atomic E-state index is 12.5. The van der Waals surface area contributed by atoms with Crippen LogP contribution in [0.5, 0.6) is 0 Å². The molecule has 3 heteroatoms. The van der Waals surface area contributed by atoms with Crippen LogP contribution in [0.25, 0.3) is 0 Å². The molecule has 1 heterocycles. The summed E-state index contributed by atoms with van der Waals surface area (Å²) in [7, 11) is 0. The number of hydrogen-bond donors (Lipinski definition) is 1. The van der Waals surface area contributed by atoms with Crippen molar-refractivity contribution in [2.75, 3.05) is 24.5 Å². The standard InChI is InChI=1S/C22H34N2O/c1-2-3-7-18-10-12-20(13-11-18)22(25)23-16-19-14-15-24(17-19)21-8-5-4-6-9-21/h4-6,8-9,18-20H,2-3,7,10-17H2,1H3,(H,23,25). The predicted octanol–water partition coefficient (Wildman–Crippen LogP) is 4.63. The molecule has 1 unspecified atom stereocenters. The summed E-state index contributed by atoms with van der Waals surface area (Å²) in [6.45, 7) is 5.28. The minimum Gasteiger partial charge on any atom is -0.371 e. The van der Waals surface area contributed by atoms with Crippen LogP contribution in [-0.2, 0) is 4.79 Å². The maximum atomic E-state index is 12.5. The number of carbonyl (C=O) groups excluding carboxylic acids is 1. The molecule has 2 aliphatic rings. The first kappa shape index (κ1) is 18.3. The van der Waals surface area contributed by atoms with E-state index in [9.17, 15) is 4.79 Å². The van der Waals surface area contributed by atoms with Crippen LogP contribution in [0.4, 0.5) is 5.69 Å². The van der Waals surface area contributed by atoms with Gasteiger partial charge in [-0.1, -0.05) is 44.4 Å². The predicted molar refractivity (Wildman–Crippen MR) is 105 cm³/mol. The summed E-state index contributed by atoms with van der Waals surface area (Å²) < 4.78 is 0. The third-order valence-corrected chi connectivity index (χ3v) is 6.16. The minimum atomic E-state index is 0.268. The summed E-state index contributed by atoms with van der Waals surface area (Å²) in [5, 5.41) is 3.26. The van der Waals surface area contributed by atoms with Crippen LogP contribution in [0.3, 0.4) is 0 Å². The van der Waals surface area contributed by atoms with E-state index in [-0.39, 0.29) is 5.92 Å². The quantitative estimate of drug-likeness (QED) is 0.784. The Bertz CT molecular complexity index is 522. The van der Waals surface area contributed by atoms with E-state index in [1.54, 1.807) is 0 Å². The highest BCUT2D eigenvalue weighted by Crippen LogP contribution is 2.32. The van der Waals surface area contributed by atoms with Crippen LogP contribution >= 0.6 is 0 Å². The summed E-state index contributed by atoms with van der Waals surface area (Å²) in [6, 6.07) is 10.6. The van der Waals surface area contributed by atoms with E-state index in [0.717, 1.165) is 38.4 Å². The lowest BCUT2D eigenvalue weighted by atomic mass is 9.79. The molecule has 1 aliphatic heterocycles. The number of rotatable bonds is 7. The number of para-hydroxylation sites is 1. The average Bonchev–Trinajstić information content (AvgIpc) is 3.14. The van der Waals surface area contributed by atoms with E-state index in [2.05, 4.69) is 47.5 Å². The number of carbonyl (C=O) groups is 1. The van der Waals surface area contributed by atoms with E-state index < -0.39 is 0 Å². The summed E-state index contributed by atoms with van der Waals surface area (Å²) in [4.78, 5) is 14.9. The second kappa shape index (κ2) is 9.26. The van der Waals surface area contributed by atoms with E-state index in [1.807, 2.05) is 0 Å². The number of nitrogens with one attached hydrogen (secondary N) is 1. The van der Waals surface area contributed by atoms with Gasteiger partial charge in [0, 0.05) is 31.2 Å². The normalized spacial score (nSPS) is 26.6. The van der Waals surface area contributed by atoms with Gasteiger partial charge in [0.15, 0.2) is 0 Å². The fourth-order valence-electron chi connectivity index (χ4n) is 4.47. The molecule has 0 spiro atoms. The van der Waals surface area contributed by atoms with Gasteiger partial charge >= 0.3 is 0 Å². The van der Waals surface area contributed by atoms with Crippen molar-refractivity contribution in [3.8, 4) is 0 Å². The maximum Gasteiger partial charge on any atom is 0.223 e. The van der Waals surface area contributed by atoms with E-state index >= 15 is 0 Å². The molecule has 1 saturated heterocycles. The first-order valence-electron chi connectivity index (χ1n) is 10.3. The molecule has 138 valence electrons. The Kier molecular flexibility index (Phi) is 6.77. The molecule has 0 radical (unpaired) electrons. The smallest absolute Gasteiger partial charge is 0.223 e. The van der Waals surface area contributed by atoms with Gasteiger partial charge in [-0.2, -0.15) is 0 Å². The Hall–Kier alpha value is -1.51. The van der Waals surface area contributed by atoms with Gasteiger partial charge in [-0.25, -0.2) is 0 Å². The van der Waals surface area contributed by atoms with Crippen LogP contribution in [0.2, 0.25) is 0 Å². The van der Waals surface area contributed by atoms with Gasteiger partial charge in [0.25, 0.3) is 0 Å². The van der Waals surface area contributed by atoms with Crippen LogP contribution in [-0.4, -0.2) is 25.5 Å². The molecule has 3 nitrogen and oxygen atoms in total. The third-order valence-electron chi connectivity index (χ3n) is 6.16. The summed E-state index contributed by atoms with van der Waals surface area (Å²) in [5.41, 5.74) is 1.31. The minimum absolute atomic E-state index is 0.268. The summed E-state index contributed by atoms with van der Waals surface area (Å²) in [5.74, 6) is 2.04. The largest absolute Gasteiger partial charge is 0.371 e. The number of amides is 1. The van der Waals surface area contributed by atoms with Crippen molar-refractivity contribution in [3.63, 3.8) is 0 Å².